The van der Waals surface area contributed by atoms with E-state index in [0.717, 1.165) is 12.8 Å². The minimum atomic E-state index is -1.20. The zero-order chi connectivity index (χ0) is 11.7. The van der Waals surface area contributed by atoms with Crippen LogP contribution in [0.1, 0.15) is 53.4 Å². The molecule has 0 aromatic rings. The molecule has 15 heavy (non-hydrogen) atoms. The molecular formula is C12H21FO2. The van der Waals surface area contributed by atoms with E-state index in [0.29, 0.717) is 12.8 Å². The van der Waals surface area contributed by atoms with Crippen molar-refractivity contribution < 1.29 is 13.9 Å². The molecule has 0 unspecified atom stereocenters. The van der Waals surface area contributed by atoms with Gasteiger partial charge in [0.2, 0.25) is 0 Å². The van der Waals surface area contributed by atoms with Gasteiger partial charge < -0.3 is 4.74 Å². The van der Waals surface area contributed by atoms with Crippen LogP contribution in [0.15, 0.2) is 0 Å². The van der Waals surface area contributed by atoms with Gasteiger partial charge in [-0.2, -0.15) is 0 Å². The highest BCUT2D eigenvalue weighted by Crippen LogP contribution is 2.45. The van der Waals surface area contributed by atoms with Crippen LogP contribution in [0, 0.1) is 5.41 Å². The Bertz CT molecular complexity index is 244. The smallest absolute Gasteiger partial charge is 0.302 e. The Morgan fingerprint density at radius 3 is 2.53 bits per heavy atom. The summed E-state index contributed by atoms with van der Waals surface area (Å²) in [4.78, 5) is 10.8. The van der Waals surface area contributed by atoms with Crippen LogP contribution >= 0.6 is 0 Å². The largest absolute Gasteiger partial charge is 0.462 e. The third-order valence-electron chi connectivity index (χ3n) is 3.33. The van der Waals surface area contributed by atoms with E-state index in [2.05, 4.69) is 0 Å². The molecule has 3 heteroatoms. The average molecular weight is 216 g/mol. The predicted molar refractivity (Wildman–Crippen MR) is 57.3 cm³/mol. The monoisotopic (exact) mass is 216 g/mol. The van der Waals surface area contributed by atoms with E-state index in [-0.39, 0.29) is 17.5 Å². The summed E-state index contributed by atoms with van der Waals surface area (Å²) in [6, 6.07) is 0. The Kier molecular flexibility index (Phi) is 3.41. The molecule has 0 radical (unpaired) electrons. The highest BCUT2D eigenvalue weighted by Gasteiger charge is 2.46. The van der Waals surface area contributed by atoms with Gasteiger partial charge in [0, 0.05) is 13.3 Å². The lowest BCUT2D eigenvalue weighted by Crippen LogP contribution is -2.45. The molecule has 0 aromatic heterocycles. The van der Waals surface area contributed by atoms with Crippen LogP contribution in [0.2, 0.25) is 0 Å². The fourth-order valence-corrected chi connectivity index (χ4v) is 2.19. The molecule has 0 spiro atoms. The van der Waals surface area contributed by atoms with E-state index in [1.165, 1.54) is 6.92 Å². The topological polar surface area (TPSA) is 26.3 Å². The van der Waals surface area contributed by atoms with Crippen LogP contribution in [0.4, 0.5) is 4.39 Å². The van der Waals surface area contributed by atoms with E-state index in [9.17, 15) is 9.18 Å². The Morgan fingerprint density at radius 1 is 1.47 bits per heavy atom. The third-order valence-corrected chi connectivity index (χ3v) is 3.33. The van der Waals surface area contributed by atoms with E-state index >= 15 is 0 Å². The van der Waals surface area contributed by atoms with Gasteiger partial charge in [0.05, 0.1) is 0 Å². The first-order valence-corrected chi connectivity index (χ1v) is 5.61. The third kappa shape index (κ3) is 2.93. The number of hydrogen-bond donors (Lipinski definition) is 0. The standard InChI is InChI=1S/C12H21FO2/c1-9(14)15-10-6-5-7-12(13,8-10)11(2,3)4/h10H,5-8H2,1-4H3/t10-,12-/m0/s1. The van der Waals surface area contributed by atoms with Gasteiger partial charge in [-0.05, 0) is 24.7 Å². The van der Waals surface area contributed by atoms with Gasteiger partial charge in [-0.25, -0.2) is 4.39 Å². The van der Waals surface area contributed by atoms with Crippen LogP contribution in [0.3, 0.4) is 0 Å². The van der Waals surface area contributed by atoms with Crippen molar-refractivity contribution >= 4 is 5.97 Å². The summed E-state index contributed by atoms with van der Waals surface area (Å²) in [6.07, 6.45) is 2.28. The van der Waals surface area contributed by atoms with Crippen molar-refractivity contribution in [1.29, 1.82) is 0 Å². The first kappa shape index (κ1) is 12.5. The first-order chi connectivity index (χ1) is 6.74. The van der Waals surface area contributed by atoms with Gasteiger partial charge >= 0.3 is 5.97 Å². The van der Waals surface area contributed by atoms with E-state index in [4.69, 9.17) is 4.74 Å². The number of esters is 1. The predicted octanol–water partition coefficient (Wildman–Crippen LogP) is 3.25. The summed E-state index contributed by atoms with van der Waals surface area (Å²) in [5, 5.41) is 0. The normalized spacial score (nSPS) is 32.5. The van der Waals surface area contributed by atoms with Crippen molar-refractivity contribution in [3.63, 3.8) is 0 Å². The van der Waals surface area contributed by atoms with E-state index in [1.807, 2.05) is 20.8 Å². The second-order valence-electron chi connectivity index (χ2n) is 5.54. The van der Waals surface area contributed by atoms with Crippen molar-refractivity contribution in [1.82, 2.24) is 0 Å². The molecule has 0 heterocycles. The second kappa shape index (κ2) is 4.11. The highest BCUT2D eigenvalue weighted by atomic mass is 19.1. The molecule has 0 bridgehead atoms. The molecule has 0 aliphatic heterocycles. The van der Waals surface area contributed by atoms with Gasteiger partial charge in [-0.1, -0.05) is 20.8 Å². The lowest BCUT2D eigenvalue weighted by atomic mass is 9.69. The van der Waals surface area contributed by atoms with Crippen LogP contribution < -0.4 is 0 Å². The number of rotatable bonds is 1. The Labute approximate surface area is 91.2 Å². The van der Waals surface area contributed by atoms with Crippen molar-refractivity contribution in [2.45, 2.75) is 65.2 Å². The van der Waals surface area contributed by atoms with Gasteiger partial charge in [-0.3, -0.25) is 4.79 Å². The Hall–Kier alpha value is -0.600. The van der Waals surface area contributed by atoms with Gasteiger partial charge in [-0.15, -0.1) is 0 Å². The Morgan fingerprint density at radius 2 is 2.07 bits per heavy atom. The van der Waals surface area contributed by atoms with Crippen LogP contribution in [-0.2, 0) is 9.53 Å². The molecule has 1 aliphatic rings. The summed E-state index contributed by atoms with van der Waals surface area (Å²) >= 11 is 0. The fourth-order valence-electron chi connectivity index (χ4n) is 2.19. The minimum Gasteiger partial charge on any atom is -0.462 e. The van der Waals surface area contributed by atoms with Gasteiger partial charge in [0.15, 0.2) is 0 Å². The summed E-state index contributed by atoms with van der Waals surface area (Å²) in [6.45, 7) is 7.10. The summed E-state index contributed by atoms with van der Waals surface area (Å²) in [5.74, 6) is -0.307. The SMILES string of the molecule is CC(=O)O[C@H]1CCC[C@@](F)(C(C)(C)C)C1. The number of ether oxygens (including phenoxy) is 1. The summed E-state index contributed by atoms with van der Waals surface area (Å²) in [7, 11) is 0. The first-order valence-electron chi connectivity index (χ1n) is 5.61. The fraction of sp³-hybridized carbons (Fsp3) is 0.917. The summed E-state index contributed by atoms with van der Waals surface area (Å²) in [5.41, 5.74) is -1.59. The summed E-state index contributed by atoms with van der Waals surface area (Å²) < 4.78 is 19.7. The number of hydrogen-bond acceptors (Lipinski definition) is 2. The lowest BCUT2D eigenvalue weighted by molar-refractivity contribution is -0.153. The molecule has 1 rings (SSSR count). The molecular weight excluding hydrogens is 195 g/mol. The van der Waals surface area contributed by atoms with Gasteiger partial charge in [0.1, 0.15) is 11.8 Å². The molecule has 0 saturated heterocycles. The van der Waals surface area contributed by atoms with Crippen molar-refractivity contribution in [2.24, 2.45) is 5.41 Å². The molecule has 2 nitrogen and oxygen atoms in total. The van der Waals surface area contributed by atoms with Crippen LogP contribution in [-0.4, -0.2) is 17.7 Å². The quantitative estimate of drug-likeness (QED) is 0.629. The maximum Gasteiger partial charge on any atom is 0.302 e. The number of carbonyl (C=O) groups is 1. The van der Waals surface area contributed by atoms with E-state index in [1.54, 1.807) is 0 Å². The van der Waals surface area contributed by atoms with Crippen molar-refractivity contribution in [3.05, 3.63) is 0 Å². The molecule has 1 fully saturated rings. The number of alkyl halides is 1. The van der Waals surface area contributed by atoms with Crippen LogP contribution in [0.5, 0.6) is 0 Å². The van der Waals surface area contributed by atoms with Crippen LogP contribution in [0.25, 0.3) is 0 Å². The van der Waals surface area contributed by atoms with Crippen molar-refractivity contribution in [2.75, 3.05) is 0 Å². The zero-order valence-electron chi connectivity index (χ0n) is 10.1. The minimum absolute atomic E-state index is 0.236. The molecule has 0 amide bonds. The molecule has 0 N–H and O–H groups in total. The maximum atomic E-state index is 14.6. The zero-order valence-corrected chi connectivity index (χ0v) is 10.1. The number of halogens is 1. The van der Waals surface area contributed by atoms with Gasteiger partial charge in [0.25, 0.3) is 0 Å². The molecule has 2 atom stereocenters. The highest BCUT2D eigenvalue weighted by molar-refractivity contribution is 5.66. The number of carbonyl (C=O) groups excluding carboxylic acids is 1. The molecule has 1 saturated carbocycles. The molecule has 0 aromatic carbocycles. The lowest BCUT2D eigenvalue weighted by Gasteiger charge is -2.43. The van der Waals surface area contributed by atoms with Crippen molar-refractivity contribution in [3.8, 4) is 0 Å². The second-order valence-corrected chi connectivity index (χ2v) is 5.54. The average Bonchev–Trinajstić information content (AvgIpc) is 2.00. The Balaban J connectivity index is 2.67. The molecule has 88 valence electrons. The maximum absolute atomic E-state index is 14.6. The van der Waals surface area contributed by atoms with E-state index < -0.39 is 5.67 Å². The molecule has 1 aliphatic carbocycles.